The normalized spacial score (nSPS) is 30.4. The second-order valence-electron chi connectivity index (χ2n) is 3.91. The summed E-state index contributed by atoms with van der Waals surface area (Å²) in [5, 5.41) is 6.17. The lowest BCUT2D eigenvalue weighted by atomic mass is 9.85. The Hall–Kier alpha value is -1.40. The number of nitrogens with zero attached hydrogens (tertiary/aromatic N) is 1. The molecule has 2 unspecified atom stereocenters. The highest BCUT2D eigenvalue weighted by atomic mass is 16.5. The van der Waals surface area contributed by atoms with Crippen molar-refractivity contribution in [3.8, 4) is 0 Å². The van der Waals surface area contributed by atoms with E-state index in [1.165, 1.54) is 12.5 Å². The first kappa shape index (κ1) is 10.1. The van der Waals surface area contributed by atoms with E-state index in [-0.39, 0.29) is 11.9 Å². The summed E-state index contributed by atoms with van der Waals surface area (Å²) in [5.74, 6) is -0.171. The lowest BCUT2D eigenvalue weighted by Gasteiger charge is -2.24. The van der Waals surface area contributed by atoms with Gasteiger partial charge in [0.2, 0.25) is 5.91 Å². The van der Waals surface area contributed by atoms with Gasteiger partial charge in [0.05, 0.1) is 24.8 Å². The maximum absolute atomic E-state index is 11.9. The minimum atomic E-state index is -0.683. The van der Waals surface area contributed by atoms with E-state index < -0.39 is 5.41 Å². The van der Waals surface area contributed by atoms with Gasteiger partial charge in [-0.05, 0) is 6.92 Å². The fourth-order valence-corrected chi connectivity index (χ4v) is 1.46. The van der Waals surface area contributed by atoms with Gasteiger partial charge in [0.1, 0.15) is 12.0 Å². The molecule has 1 aliphatic heterocycles. The Kier molecular flexibility index (Phi) is 2.45. The van der Waals surface area contributed by atoms with Crippen LogP contribution in [0, 0.1) is 5.41 Å². The molecule has 2 heterocycles. The van der Waals surface area contributed by atoms with Crippen LogP contribution in [0.4, 0.5) is 5.69 Å². The van der Waals surface area contributed by atoms with E-state index in [4.69, 9.17) is 10.5 Å². The van der Waals surface area contributed by atoms with Crippen molar-refractivity contribution in [2.75, 3.05) is 18.5 Å². The molecule has 3 N–H and O–H groups in total. The van der Waals surface area contributed by atoms with Crippen molar-refractivity contribution >= 4 is 11.6 Å². The van der Waals surface area contributed by atoms with Gasteiger partial charge in [-0.25, -0.2) is 0 Å². The summed E-state index contributed by atoms with van der Waals surface area (Å²) in [5.41, 5.74) is 5.66. The number of ether oxygens (including phenoxy) is 1. The van der Waals surface area contributed by atoms with Crippen LogP contribution < -0.4 is 11.1 Å². The van der Waals surface area contributed by atoms with Gasteiger partial charge in [-0.3, -0.25) is 4.79 Å². The van der Waals surface area contributed by atoms with Gasteiger partial charge >= 0.3 is 0 Å². The predicted octanol–water partition coefficient (Wildman–Crippen LogP) is -0.0231. The molecule has 0 aromatic carbocycles. The van der Waals surface area contributed by atoms with Crippen LogP contribution in [0.1, 0.15) is 6.92 Å². The summed E-state index contributed by atoms with van der Waals surface area (Å²) in [6.45, 7) is 2.53. The summed E-state index contributed by atoms with van der Waals surface area (Å²) in [6, 6.07) is -0.280. The number of rotatable bonds is 2. The number of aromatic nitrogens is 1. The Balaban J connectivity index is 2.07. The third kappa shape index (κ3) is 1.73. The zero-order valence-electron chi connectivity index (χ0n) is 8.40. The number of amides is 1. The van der Waals surface area contributed by atoms with Gasteiger partial charge in [0, 0.05) is 6.04 Å². The standard InChI is InChI=1S/C9H13N3O3/c1-9(5-14-4-7(9)10)8(13)12-6-2-11-15-3-6/h2-3,7H,4-5,10H2,1H3,(H,12,13). The molecule has 2 rings (SSSR count). The van der Waals surface area contributed by atoms with Crippen molar-refractivity contribution in [2.45, 2.75) is 13.0 Å². The van der Waals surface area contributed by atoms with Gasteiger partial charge in [-0.15, -0.1) is 0 Å². The first-order valence-electron chi connectivity index (χ1n) is 4.67. The first-order chi connectivity index (χ1) is 7.13. The van der Waals surface area contributed by atoms with Gasteiger partial charge < -0.3 is 20.3 Å². The highest BCUT2D eigenvalue weighted by molar-refractivity contribution is 5.95. The van der Waals surface area contributed by atoms with Crippen LogP contribution in [0.3, 0.4) is 0 Å². The van der Waals surface area contributed by atoms with E-state index in [0.29, 0.717) is 18.9 Å². The molecule has 6 nitrogen and oxygen atoms in total. The molecular weight excluding hydrogens is 198 g/mol. The monoisotopic (exact) mass is 211 g/mol. The van der Waals surface area contributed by atoms with Crippen LogP contribution in [0.2, 0.25) is 0 Å². The minimum absolute atomic E-state index is 0.171. The molecule has 1 amide bonds. The smallest absolute Gasteiger partial charge is 0.234 e. The highest BCUT2D eigenvalue weighted by Crippen LogP contribution is 2.28. The van der Waals surface area contributed by atoms with Crippen molar-refractivity contribution in [2.24, 2.45) is 11.1 Å². The van der Waals surface area contributed by atoms with Crippen LogP contribution in [0.15, 0.2) is 17.0 Å². The highest BCUT2D eigenvalue weighted by Gasteiger charge is 2.44. The molecule has 1 saturated heterocycles. The largest absolute Gasteiger partial charge is 0.379 e. The maximum atomic E-state index is 11.9. The number of carbonyl (C=O) groups is 1. The lowest BCUT2D eigenvalue weighted by molar-refractivity contribution is -0.125. The van der Waals surface area contributed by atoms with E-state index in [1.54, 1.807) is 6.92 Å². The SMILES string of the molecule is CC1(C(=O)Nc2cnoc2)COCC1N. The lowest BCUT2D eigenvalue weighted by Crippen LogP contribution is -2.47. The number of anilines is 1. The number of carbonyl (C=O) groups excluding carboxylic acids is 1. The van der Waals surface area contributed by atoms with E-state index in [1.807, 2.05) is 0 Å². The predicted molar refractivity (Wildman–Crippen MR) is 52.0 cm³/mol. The average molecular weight is 211 g/mol. The molecule has 82 valence electrons. The summed E-state index contributed by atoms with van der Waals surface area (Å²) < 4.78 is 9.80. The Morgan fingerprint density at radius 2 is 2.60 bits per heavy atom. The maximum Gasteiger partial charge on any atom is 0.234 e. The van der Waals surface area contributed by atoms with E-state index in [9.17, 15) is 4.79 Å². The summed E-state index contributed by atoms with van der Waals surface area (Å²) >= 11 is 0. The fourth-order valence-electron chi connectivity index (χ4n) is 1.46. The van der Waals surface area contributed by atoms with Gasteiger partial charge in [0.15, 0.2) is 0 Å². The first-order valence-corrected chi connectivity index (χ1v) is 4.67. The molecule has 15 heavy (non-hydrogen) atoms. The Bertz CT molecular complexity index is 351. The quantitative estimate of drug-likeness (QED) is 0.717. The minimum Gasteiger partial charge on any atom is -0.379 e. The van der Waals surface area contributed by atoms with Crippen LogP contribution in [0.25, 0.3) is 0 Å². The number of hydrogen-bond donors (Lipinski definition) is 2. The molecule has 1 aromatic rings. The molecule has 0 radical (unpaired) electrons. The fraction of sp³-hybridized carbons (Fsp3) is 0.556. The molecule has 0 spiro atoms. The van der Waals surface area contributed by atoms with Crippen LogP contribution in [-0.2, 0) is 9.53 Å². The third-order valence-electron chi connectivity index (χ3n) is 2.73. The zero-order chi connectivity index (χ0) is 10.9. The van der Waals surface area contributed by atoms with E-state index >= 15 is 0 Å². The number of nitrogens with one attached hydrogen (secondary N) is 1. The molecule has 0 saturated carbocycles. The molecule has 6 heteroatoms. The van der Waals surface area contributed by atoms with Crippen molar-refractivity contribution in [1.29, 1.82) is 0 Å². The van der Waals surface area contributed by atoms with E-state index in [0.717, 1.165) is 0 Å². The molecule has 1 aliphatic rings. The van der Waals surface area contributed by atoms with Gasteiger partial charge in [-0.1, -0.05) is 5.16 Å². The Labute approximate surface area is 86.7 Å². The van der Waals surface area contributed by atoms with Gasteiger partial charge in [0.25, 0.3) is 0 Å². The Morgan fingerprint density at radius 3 is 3.13 bits per heavy atom. The summed E-state index contributed by atoms with van der Waals surface area (Å²) in [6.07, 6.45) is 2.80. The third-order valence-corrected chi connectivity index (χ3v) is 2.73. The van der Waals surface area contributed by atoms with Crippen molar-refractivity contribution in [1.82, 2.24) is 5.16 Å². The Morgan fingerprint density at radius 1 is 1.80 bits per heavy atom. The van der Waals surface area contributed by atoms with Crippen LogP contribution in [-0.4, -0.2) is 30.3 Å². The number of hydrogen-bond acceptors (Lipinski definition) is 5. The van der Waals surface area contributed by atoms with Crippen LogP contribution >= 0.6 is 0 Å². The zero-order valence-corrected chi connectivity index (χ0v) is 8.40. The molecule has 0 bridgehead atoms. The summed E-state index contributed by atoms with van der Waals surface area (Å²) in [4.78, 5) is 11.9. The van der Waals surface area contributed by atoms with Crippen LogP contribution in [0.5, 0.6) is 0 Å². The topological polar surface area (TPSA) is 90.4 Å². The van der Waals surface area contributed by atoms with Crippen molar-refractivity contribution in [3.05, 3.63) is 12.5 Å². The molecular formula is C9H13N3O3. The van der Waals surface area contributed by atoms with Gasteiger partial charge in [-0.2, -0.15) is 0 Å². The second kappa shape index (κ2) is 3.63. The second-order valence-corrected chi connectivity index (χ2v) is 3.91. The van der Waals surface area contributed by atoms with Crippen molar-refractivity contribution < 1.29 is 14.1 Å². The molecule has 1 aromatic heterocycles. The summed E-state index contributed by atoms with van der Waals surface area (Å²) in [7, 11) is 0. The van der Waals surface area contributed by atoms with E-state index in [2.05, 4.69) is 15.0 Å². The average Bonchev–Trinajstić information content (AvgIpc) is 2.79. The molecule has 1 fully saturated rings. The number of nitrogens with two attached hydrogens (primary N) is 1. The molecule has 0 aliphatic carbocycles. The van der Waals surface area contributed by atoms with Crippen molar-refractivity contribution in [3.63, 3.8) is 0 Å². The molecule has 2 atom stereocenters.